The van der Waals surface area contributed by atoms with Gasteiger partial charge in [0.1, 0.15) is 0 Å². The Morgan fingerprint density at radius 3 is 2.80 bits per heavy atom. The third-order valence-electron chi connectivity index (χ3n) is 3.73. The zero-order chi connectivity index (χ0) is 14.2. The summed E-state index contributed by atoms with van der Waals surface area (Å²) in [5.41, 5.74) is 1.88. The van der Waals surface area contributed by atoms with Gasteiger partial charge >= 0.3 is 0 Å². The van der Waals surface area contributed by atoms with Gasteiger partial charge in [0.2, 0.25) is 0 Å². The van der Waals surface area contributed by atoms with Gasteiger partial charge < -0.3 is 15.5 Å². The van der Waals surface area contributed by atoms with Crippen molar-refractivity contribution in [3.05, 3.63) is 35.4 Å². The molecule has 1 fully saturated rings. The van der Waals surface area contributed by atoms with E-state index in [9.17, 15) is 4.79 Å². The van der Waals surface area contributed by atoms with Gasteiger partial charge in [0, 0.05) is 25.2 Å². The lowest BCUT2D eigenvalue weighted by Crippen LogP contribution is -2.37. The quantitative estimate of drug-likeness (QED) is 0.829. The summed E-state index contributed by atoms with van der Waals surface area (Å²) in [7, 11) is 1.91. The Morgan fingerprint density at radius 2 is 2.05 bits per heavy atom. The van der Waals surface area contributed by atoms with E-state index in [0.717, 1.165) is 30.8 Å². The van der Waals surface area contributed by atoms with Crippen LogP contribution in [0.4, 0.5) is 0 Å². The molecule has 1 saturated heterocycles. The highest BCUT2D eigenvalue weighted by Crippen LogP contribution is 2.08. The maximum atomic E-state index is 12.1. The second kappa shape index (κ2) is 8.02. The fourth-order valence-corrected chi connectivity index (χ4v) is 2.64. The second-order valence-electron chi connectivity index (χ2n) is 5.39. The number of piperidine rings is 1. The van der Waals surface area contributed by atoms with Crippen LogP contribution in [0.25, 0.3) is 0 Å². The smallest absolute Gasteiger partial charge is 0.251 e. The lowest BCUT2D eigenvalue weighted by atomic mass is 10.1. The first-order chi connectivity index (χ1) is 9.79. The molecule has 0 radical (unpaired) electrons. The van der Waals surface area contributed by atoms with E-state index < -0.39 is 0 Å². The minimum absolute atomic E-state index is 0.0277. The van der Waals surface area contributed by atoms with Gasteiger partial charge in [-0.15, -0.1) is 0 Å². The van der Waals surface area contributed by atoms with Gasteiger partial charge in [0.05, 0.1) is 0 Å². The van der Waals surface area contributed by atoms with Crippen molar-refractivity contribution in [3.8, 4) is 0 Å². The Morgan fingerprint density at radius 1 is 1.25 bits per heavy atom. The number of amides is 1. The first kappa shape index (κ1) is 15.0. The van der Waals surface area contributed by atoms with Crippen molar-refractivity contribution in [2.45, 2.75) is 25.8 Å². The molecule has 0 aliphatic carbocycles. The molecule has 0 saturated carbocycles. The SMILES string of the molecule is CNCc1cccc(C(=O)NCCN2CCCCC2)c1. The van der Waals surface area contributed by atoms with Crippen LogP contribution in [0.2, 0.25) is 0 Å². The minimum Gasteiger partial charge on any atom is -0.351 e. The molecule has 0 spiro atoms. The summed E-state index contributed by atoms with van der Waals surface area (Å²) in [5.74, 6) is 0.0277. The molecule has 1 aliphatic heterocycles. The molecule has 4 nitrogen and oxygen atoms in total. The highest BCUT2D eigenvalue weighted by atomic mass is 16.1. The molecular formula is C16H25N3O. The summed E-state index contributed by atoms with van der Waals surface area (Å²) in [5, 5.41) is 6.11. The number of nitrogens with one attached hydrogen (secondary N) is 2. The number of hydrogen-bond donors (Lipinski definition) is 2. The summed E-state index contributed by atoms with van der Waals surface area (Å²) in [6.45, 7) is 4.83. The van der Waals surface area contributed by atoms with Crippen LogP contribution in [-0.2, 0) is 6.54 Å². The monoisotopic (exact) mass is 275 g/mol. The van der Waals surface area contributed by atoms with Crippen LogP contribution in [0.5, 0.6) is 0 Å². The van der Waals surface area contributed by atoms with Crippen molar-refractivity contribution >= 4 is 5.91 Å². The van der Waals surface area contributed by atoms with E-state index in [4.69, 9.17) is 0 Å². The van der Waals surface area contributed by atoms with E-state index in [1.165, 1.54) is 32.4 Å². The van der Waals surface area contributed by atoms with E-state index in [-0.39, 0.29) is 5.91 Å². The zero-order valence-corrected chi connectivity index (χ0v) is 12.3. The number of rotatable bonds is 6. The average molecular weight is 275 g/mol. The van der Waals surface area contributed by atoms with Crippen LogP contribution in [0, 0.1) is 0 Å². The molecule has 1 aromatic carbocycles. The predicted octanol–water partition coefficient (Wildman–Crippen LogP) is 1.62. The number of nitrogens with zero attached hydrogens (tertiary/aromatic N) is 1. The summed E-state index contributed by atoms with van der Waals surface area (Å²) in [6.07, 6.45) is 3.93. The molecule has 2 rings (SSSR count). The van der Waals surface area contributed by atoms with E-state index in [2.05, 4.69) is 15.5 Å². The van der Waals surface area contributed by atoms with Crippen LogP contribution in [0.15, 0.2) is 24.3 Å². The van der Waals surface area contributed by atoms with Crippen LogP contribution in [0.1, 0.15) is 35.2 Å². The van der Waals surface area contributed by atoms with Gasteiger partial charge in [-0.3, -0.25) is 4.79 Å². The Hall–Kier alpha value is -1.39. The van der Waals surface area contributed by atoms with E-state index in [0.29, 0.717) is 0 Å². The minimum atomic E-state index is 0.0277. The van der Waals surface area contributed by atoms with Crippen molar-refractivity contribution in [1.82, 2.24) is 15.5 Å². The lowest BCUT2D eigenvalue weighted by Gasteiger charge is -2.26. The largest absolute Gasteiger partial charge is 0.351 e. The van der Waals surface area contributed by atoms with Gasteiger partial charge in [-0.1, -0.05) is 18.6 Å². The summed E-state index contributed by atoms with van der Waals surface area (Å²) < 4.78 is 0. The number of carbonyl (C=O) groups excluding carboxylic acids is 1. The predicted molar refractivity (Wildman–Crippen MR) is 81.8 cm³/mol. The van der Waals surface area contributed by atoms with Crippen LogP contribution >= 0.6 is 0 Å². The molecule has 0 bridgehead atoms. The summed E-state index contributed by atoms with van der Waals surface area (Å²) >= 11 is 0. The normalized spacial score (nSPS) is 16.1. The first-order valence-electron chi connectivity index (χ1n) is 7.53. The number of carbonyl (C=O) groups is 1. The Bertz CT molecular complexity index is 427. The standard InChI is InChI=1S/C16H25N3O/c1-17-13-14-6-5-7-15(12-14)16(20)18-8-11-19-9-3-2-4-10-19/h5-7,12,17H,2-4,8-11,13H2,1H3,(H,18,20). The van der Waals surface area contributed by atoms with Gasteiger partial charge in [-0.05, 0) is 50.7 Å². The van der Waals surface area contributed by atoms with Gasteiger partial charge in [-0.2, -0.15) is 0 Å². The number of benzene rings is 1. The number of likely N-dealkylation sites (tertiary alicyclic amines) is 1. The molecule has 1 amide bonds. The molecule has 110 valence electrons. The molecule has 2 N–H and O–H groups in total. The number of hydrogen-bond acceptors (Lipinski definition) is 3. The molecular weight excluding hydrogens is 250 g/mol. The zero-order valence-electron chi connectivity index (χ0n) is 12.3. The molecule has 0 unspecified atom stereocenters. The second-order valence-corrected chi connectivity index (χ2v) is 5.39. The molecule has 0 aromatic heterocycles. The molecule has 20 heavy (non-hydrogen) atoms. The van der Waals surface area contributed by atoms with Crippen molar-refractivity contribution in [2.75, 3.05) is 33.2 Å². The van der Waals surface area contributed by atoms with Crippen molar-refractivity contribution in [1.29, 1.82) is 0 Å². The van der Waals surface area contributed by atoms with Gasteiger partial charge in [-0.25, -0.2) is 0 Å². The molecule has 1 aliphatic rings. The van der Waals surface area contributed by atoms with E-state index in [1.54, 1.807) is 0 Å². The Labute approximate surface area is 121 Å². The van der Waals surface area contributed by atoms with Crippen molar-refractivity contribution in [2.24, 2.45) is 0 Å². The average Bonchev–Trinajstić information content (AvgIpc) is 2.49. The summed E-state index contributed by atoms with van der Waals surface area (Å²) in [4.78, 5) is 14.5. The highest BCUT2D eigenvalue weighted by molar-refractivity contribution is 5.94. The van der Waals surface area contributed by atoms with Crippen molar-refractivity contribution < 1.29 is 4.79 Å². The topological polar surface area (TPSA) is 44.4 Å². The Kier molecular flexibility index (Phi) is 6.02. The fraction of sp³-hybridized carbons (Fsp3) is 0.562. The van der Waals surface area contributed by atoms with Gasteiger partial charge in [0.15, 0.2) is 0 Å². The first-order valence-corrected chi connectivity index (χ1v) is 7.53. The molecule has 4 heteroatoms. The van der Waals surface area contributed by atoms with Crippen molar-refractivity contribution in [3.63, 3.8) is 0 Å². The molecule has 0 atom stereocenters. The third-order valence-corrected chi connectivity index (χ3v) is 3.73. The maximum absolute atomic E-state index is 12.1. The molecule has 1 heterocycles. The fourth-order valence-electron chi connectivity index (χ4n) is 2.64. The Balaban J connectivity index is 1.77. The third kappa shape index (κ3) is 4.62. The summed E-state index contributed by atoms with van der Waals surface area (Å²) in [6, 6.07) is 7.79. The van der Waals surface area contributed by atoms with Gasteiger partial charge in [0.25, 0.3) is 5.91 Å². The maximum Gasteiger partial charge on any atom is 0.251 e. The van der Waals surface area contributed by atoms with Crippen LogP contribution in [-0.4, -0.2) is 44.0 Å². The van der Waals surface area contributed by atoms with Crippen LogP contribution < -0.4 is 10.6 Å². The van der Waals surface area contributed by atoms with E-state index in [1.807, 2.05) is 31.3 Å². The lowest BCUT2D eigenvalue weighted by molar-refractivity contribution is 0.0946. The highest BCUT2D eigenvalue weighted by Gasteiger charge is 2.10. The molecule has 1 aromatic rings. The van der Waals surface area contributed by atoms with E-state index >= 15 is 0 Å². The van der Waals surface area contributed by atoms with Crippen LogP contribution in [0.3, 0.4) is 0 Å².